The van der Waals surface area contributed by atoms with Crippen LogP contribution < -0.4 is 5.32 Å². The molecule has 3 aromatic rings. The van der Waals surface area contributed by atoms with E-state index in [2.05, 4.69) is 37.5 Å². The first-order chi connectivity index (χ1) is 12.3. The maximum atomic E-state index is 11.1. The molecule has 0 amide bonds. The zero-order chi connectivity index (χ0) is 17.5. The highest BCUT2D eigenvalue weighted by Gasteiger charge is 2.12. The molecule has 0 spiro atoms. The van der Waals surface area contributed by atoms with Gasteiger partial charge in [0.1, 0.15) is 17.0 Å². The Labute approximate surface area is 151 Å². The number of nitrogens with one attached hydrogen (secondary N) is 1. The summed E-state index contributed by atoms with van der Waals surface area (Å²) in [5.41, 5.74) is 2.33. The van der Waals surface area contributed by atoms with Gasteiger partial charge in [0.2, 0.25) is 0 Å². The number of nitrogens with zero attached hydrogens (tertiary/aromatic N) is 2. The second-order valence-corrected chi connectivity index (χ2v) is 6.59. The van der Waals surface area contributed by atoms with Gasteiger partial charge in [-0.3, -0.25) is 4.79 Å². The summed E-state index contributed by atoms with van der Waals surface area (Å²) in [5.74, 6) is 0.731. The summed E-state index contributed by atoms with van der Waals surface area (Å²) in [6, 6.07) is 10.3. The van der Waals surface area contributed by atoms with E-state index >= 15 is 0 Å². The van der Waals surface area contributed by atoms with Crippen LogP contribution in [0.25, 0.3) is 21.3 Å². The lowest BCUT2D eigenvalue weighted by atomic mass is 10.1. The van der Waals surface area contributed by atoms with Crippen LogP contribution in [0.3, 0.4) is 0 Å². The van der Waals surface area contributed by atoms with E-state index in [-0.39, 0.29) is 5.97 Å². The Bertz CT molecular complexity index is 833. The molecule has 0 unspecified atom stereocenters. The molecule has 0 fully saturated rings. The first-order valence-electron chi connectivity index (χ1n) is 8.38. The highest BCUT2D eigenvalue weighted by atomic mass is 32.1. The molecule has 1 N–H and O–H groups in total. The molecule has 0 atom stereocenters. The standard InChI is InChI=1S/C19H21N3O2S/c1-24-16(23)10-6-3-7-11-20-18-17-15(14-8-4-2-5-9-14)12-25-19(17)22-13-21-18/h2,4-5,8-9,12-13H,3,6-7,10-11H2,1H3,(H,20,21,22). The number of benzene rings is 1. The SMILES string of the molecule is COC(=O)CCCCCNc1ncnc2scc(-c3ccccc3)c12. The molecule has 25 heavy (non-hydrogen) atoms. The van der Waals surface area contributed by atoms with Crippen molar-refractivity contribution in [2.24, 2.45) is 0 Å². The number of fused-ring (bicyclic) bond motifs is 1. The summed E-state index contributed by atoms with van der Waals surface area (Å²) >= 11 is 1.63. The maximum absolute atomic E-state index is 11.1. The number of methoxy groups -OCH3 is 1. The summed E-state index contributed by atoms with van der Waals surface area (Å²) in [7, 11) is 1.43. The van der Waals surface area contributed by atoms with E-state index in [4.69, 9.17) is 0 Å². The number of rotatable bonds is 8. The van der Waals surface area contributed by atoms with Crippen molar-refractivity contribution in [3.8, 4) is 11.1 Å². The Balaban J connectivity index is 1.66. The molecule has 2 heterocycles. The van der Waals surface area contributed by atoms with Gasteiger partial charge in [-0.15, -0.1) is 11.3 Å². The third-order valence-corrected chi connectivity index (χ3v) is 4.92. The van der Waals surface area contributed by atoms with Gasteiger partial charge in [-0.25, -0.2) is 9.97 Å². The third-order valence-electron chi connectivity index (χ3n) is 4.03. The van der Waals surface area contributed by atoms with E-state index < -0.39 is 0 Å². The van der Waals surface area contributed by atoms with E-state index in [1.807, 2.05) is 18.2 Å². The van der Waals surface area contributed by atoms with Crippen molar-refractivity contribution in [2.75, 3.05) is 19.0 Å². The number of ether oxygens (including phenoxy) is 1. The van der Waals surface area contributed by atoms with Crippen molar-refractivity contribution in [1.29, 1.82) is 0 Å². The number of hydrogen-bond acceptors (Lipinski definition) is 6. The van der Waals surface area contributed by atoms with Gasteiger partial charge in [0, 0.05) is 23.9 Å². The van der Waals surface area contributed by atoms with Crippen LogP contribution in [0.4, 0.5) is 5.82 Å². The van der Waals surface area contributed by atoms with Crippen LogP contribution in [-0.4, -0.2) is 29.6 Å². The number of hydrogen-bond donors (Lipinski definition) is 1. The van der Waals surface area contributed by atoms with Crippen LogP contribution in [0.5, 0.6) is 0 Å². The van der Waals surface area contributed by atoms with Gasteiger partial charge in [0.05, 0.1) is 12.5 Å². The lowest BCUT2D eigenvalue weighted by Gasteiger charge is -2.08. The van der Waals surface area contributed by atoms with Crippen molar-refractivity contribution >= 4 is 33.3 Å². The zero-order valence-electron chi connectivity index (χ0n) is 14.2. The van der Waals surface area contributed by atoms with E-state index in [1.165, 1.54) is 12.7 Å². The summed E-state index contributed by atoms with van der Waals surface area (Å²) in [4.78, 5) is 20.9. The largest absolute Gasteiger partial charge is 0.469 e. The monoisotopic (exact) mass is 355 g/mol. The first-order valence-corrected chi connectivity index (χ1v) is 9.26. The van der Waals surface area contributed by atoms with E-state index in [9.17, 15) is 4.79 Å². The number of aromatic nitrogens is 2. The van der Waals surface area contributed by atoms with Crippen LogP contribution in [0.1, 0.15) is 25.7 Å². The minimum Gasteiger partial charge on any atom is -0.469 e. The van der Waals surface area contributed by atoms with Crippen LogP contribution in [0.2, 0.25) is 0 Å². The minimum absolute atomic E-state index is 0.142. The molecule has 130 valence electrons. The summed E-state index contributed by atoms with van der Waals surface area (Å²) in [6.07, 6.45) is 4.89. The molecule has 0 bridgehead atoms. The molecule has 0 aliphatic carbocycles. The number of carbonyl (C=O) groups excluding carboxylic acids is 1. The number of anilines is 1. The Morgan fingerprint density at radius 2 is 2.00 bits per heavy atom. The molecule has 0 saturated carbocycles. The molecule has 2 aromatic heterocycles. The molecule has 6 heteroatoms. The number of carbonyl (C=O) groups is 1. The zero-order valence-corrected chi connectivity index (χ0v) is 15.0. The van der Waals surface area contributed by atoms with Gasteiger partial charge in [0.25, 0.3) is 0 Å². The Kier molecular flexibility index (Phi) is 5.95. The quantitative estimate of drug-likeness (QED) is 0.476. The van der Waals surface area contributed by atoms with Crippen LogP contribution in [0, 0.1) is 0 Å². The van der Waals surface area contributed by atoms with Crippen molar-refractivity contribution in [2.45, 2.75) is 25.7 Å². The van der Waals surface area contributed by atoms with Gasteiger partial charge >= 0.3 is 5.97 Å². The van der Waals surface area contributed by atoms with Crippen LogP contribution in [-0.2, 0) is 9.53 Å². The predicted octanol–water partition coefficient (Wildman–Crippen LogP) is 4.50. The molecule has 5 nitrogen and oxygen atoms in total. The summed E-state index contributed by atoms with van der Waals surface area (Å²) in [5, 5.41) is 6.64. The average molecular weight is 355 g/mol. The Hall–Kier alpha value is -2.47. The predicted molar refractivity (Wildman–Crippen MR) is 102 cm³/mol. The molecule has 0 aliphatic rings. The smallest absolute Gasteiger partial charge is 0.305 e. The average Bonchev–Trinajstić information content (AvgIpc) is 3.10. The van der Waals surface area contributed by atoms with Crippen LogP contribution >= 0.6 is 11.3 Å². The fraction of sp³-hybridized carbons (Fsp3) is 0.316. The minimum atomic E-state index is -0.142. The first kappa shape index (κ1) is 17.4. The summed E-state index contributed by atoms with van der Waals surface area (Å²) < 4.78 is 4.65. The van der Waals surface area contributed by atoms with Crippen LogP contribution in [0.15, 0.2) is 42.0 Å². The van der Waals surface area contributed by atoms with Crippen molar-refractivity contribution in [1.82, 2.24) is 9.97 Å². The topological polar surface area (TPSA) is 64.1 Å². The second-order valence-electron chi connectivity index (χ2n) is 5.73. The third kappa shape index (κ3) is 4.33. The van der Waals surface area contributed by atoms with Crippen molar-refractivity contribution in [3.63, 3.8) is 0 Å². The van der Waals surface area contributed by atoms with Gasteiger partial charge in [-0.1, -0.05) is 36.8 Å². The van der Waals surface area contributed by atoms with E-state index in [0.29, 0.717) is 6.42 Å². The fourth-order valence-electron chi connectivity index (χ4n) is 2.72. The lowest BCUT2D eigenvalue weighted by molar-refractivity contribution is -0.140. The lowest BCUT2D eigenvalue weighted by Crippen LogP contribution is -2.05. The molecule has 3 rings (SSSR count). The molecule has 1 aromatic carbocycles. The molecular weight excluding hydrogens is 334 g/mol. The van der Waals surface area contributed by atoms with Crippen molar-refractivity contribution < 1.29 is 9.53 Å². The van der Waals surface area contributed by atoms with Gasteiger partial charge in [0.15, 0.2) is 0 Å². The molecular formula is C19H21N3O2S. The van der Waals surface area contributed by atoms with E-state index in [1.54, 1.807) is 17.7 Å². The van der Waals surface area contributed by atoms with E-state index in [0.717, 1.165) is 47.4 Å². The normalized spacial score (nSPS) is 10.8. The van der Waals surface area contributed by atoms with Gasteiger partial charge < -0.3 is 10.1 Å². The number of thiophene rings is 1. The molecule has 0 saturated heterocycles. The highest BCUT2D eigenvalue weighted by molar-refractivity contribution is 7.17. The number of esters is 1. The summed E-state index contributed by atoms with van der Waals surface area (Å²) in [6.45, 7) is 0.817. The fourth-order valence-corrected chi connectivity index (χ4v) is 3.64. The highest BCUT2D eigenvalue weighted by Crippen LogP contribution is 2.36. The second kappa shape index (κ2) is 8.58. The van der Waals surface area contributed by atoms with Gasteiger partial charge in [-0.05, 0) is 18.4 Å². The number of unbranched alkanes of at least 4 members (excludes halogenated alkanes) is 2. The molecule has 0 radical (unpaired) electrons. The maximum Gasteiger partial charge on any atom is 0.305 e. The molecule has 0 aliphatic heterocycles. The van der Waals surface area contributed by atoms with Gasteiger partial charge in [-0.2, -0.15) is 0 Å². The Morgan fingerprint density at radius 1 is 1.16 bits per heavy atom. The van der Waals surface area contributed by atoms with Crippen molar-refractivity contribution in [3.05, 3.63) is 42.0 Å². The Morgan fingerprint density at radius 3 is 2.80 bits per heavy atom.